The van der Waals surface area contributed by atoms with E-state index in [0.29, 0.717) is 24.0 Å². The number of carbonyl (C=O) groups excluding carboxylic acids is 1. The number of nitrogens with zero attached hydrogens (tertiary/aromatic N) is 3. The molecule has 0 aliphatic heterocycles. The van der Waals surface area contributed by atoms with Crippen molar-refractivity contribution < 1.29 is 4.79 Å². The fraction of sp³-hybridized carbons (Fsp3) is 0.333. The topological polar surface area (TPSA) is 92.7 Å². The standard InChI is InChI=1S/C18H21N5O2/c1-10-5-6-14-16(24)15(9-20-17(14)21-10)18(25)19-8-7-13-11(2)22-23(4)12(13)3/h5-6,9H,7-8H2,1-4H3,(H,19,25)(H,20,21,24). The summed E-state index contributed by atoms with van der Waals surface area (Å²) in [7, 11) is 1.90. The van der Waals surface area contributed by atoms with Crippen LogP contribution < -0.4 is 10.7 Å². The van der Waals surface area contributed by atoms with E-state index in [-0.39, 0.29) is 16.9 Å². The second kappa shape index (κ2) is 6.51. The lowest BCUT2D eigenvalue weighted by Gasteiger charge is -2.07. The Morgan fingerprint density at radius 2 is 2.04 bits per heavy atom. The molecule has 0 atom stereocenters. The Bertz CT molecular complexity index is 1020. The minimum absolute atomic E-state index is 0.0952. The molecule has 0 saturated heterocycles. The molecule has 3 aromatic heterocycles. The Morgan fingerprint density at radius 3 is 2.72 bits per heavy atom. The number of rotatable bonds is 4. The lowest BCUT2D eigenvalue weighted by Crippen LogP contribution is -2.30. The molecule has 1 amide bonds. The van der Waals surface area contributed by atoms with Gasteiger partial charge in [-0.2, -0.15) is 5.10 Å². The zero-order valence-electron chi connectivity index (χ0n) is 14.8. The zero-order chi connectivity index (χ0) is 18.1. The highest BCUT2D eigenvalue weighted by atomic mass is 16.2. The maximum absolute atomic E-state index is 12.5. The van der Waals surface area contributed by atoms with E-state index in [2.05, 4.69) is 20.4 Å². The summed E-state index contributed by atoms with van der Waals surface area (Å²) in [5, 5.41) is 7.59. The molecule has 3 rings (SSSR count). The van der Waals surface area contributed by atoms with Crippen molar-refractivity contribution in [2.75, 3.05) is 6.54 Å². The van der Waals surface area contributed by atoms with Gasteiger partial charge in [-0.05, 0) is 44.9 Å². The Kier molecular flexibility index (Phi) is 4.39. The number of H-pyrrole nitrogens is 1. The SMILES string of the molecule is Cc1ccc2c(=O)c(C(=O)NCCc3c(C)nn(C)c3C)c[nH]c2n1. The molecular weight excluding hydrogens is 318 g/mol. The summed E-state index contributed by atoms with van der Waals surface area (Å²) in [5.74, 6) is -0.386. The van der Waals surface area contributed by atoms with Gasteiger partial charge < -0.3 is 10.3 Å². The molecule has 3 aromatic rings. The number of amides is 1. The van der Waals surface area contributed by atoms with Crippen molar-refractivity contribution in [3.05, 3.63) is 56.8 Å². The summed E-state index contributed by atoms with van der Waals surface area (Å²) < 4.78 is 1.83. The van der Waals surface area contributed by atoms with E-state index in [1.165, 1.54) is 6.20 Å². The zero-order valence-corrected chi connectivity index (χ0v) is 14.8. The van der Waals surface area contributed by atoms with Crippen LogP contribution >= 0.6 is 0 Å². The molecule has 0 aromatic carbocycles. The summed E-state index contributed by atoms with van der Waals surface area (Å²) in [4.78, 5) is 32.1. The summed E-state index contributed by atoms with van der Waals surface area (Å²) in [5.41, 5.74) is 4.24. The number of aromatic amines is 1. The molecule has 25 heavy (non-hydrogen) atoms. The van der Waals surface area contributed by atoms with Crippen LogP contribution in [0.15, 0.2) is 23.1 Å². The molecule has 0 unspecified atom stereocenters. The Morgan fingerprint density at radius 1 is 1.28 bits per heavy atom. The van der Waals surface area contributed by atoms with Crippen LogP contribution in [-0.4, -0.2) is 32.2 Å². The number of carbonyl (C=O) groups is 1. The van der Waals surface area contributed by atoms with Crippen molar-refractivity contribution in [3.63, 3.8) is 0 Å². The van der Waals surface area contributed by atoms with Gasteiger partial charge in [0.15, 0.2) is 0 Å². The van der Waals surface area contributed by atoms with Gasteiger partial charge >= 0.3 is 0 Å². The van der Waals surface area contributed by atoms with Crippen LogP contribution in [0.2, 0.25) is 0 Å². The quantitative estimate of drug-likeness (QED) is 0.754. The average Bonchev–Trinajstić information content (AvgIpc) is 2.81. The molecule has 130 valence electrons. The second-order valence-electron chi connectivity index (χ2n) is 6.16. The van der Waals surface area contributed by atoms with Crippen LogP contribution in [0.5, 0.6) is 0 Å². The molecule has 0 aliphatic carbocycles. The van der Waals surface area contributed by atoms with Crippen LogP contribution in [0, 0.1) is 20.8 Å². The first-order valence-corrected chi connectivity index (χ1v) is 8.15. The van der Waals surface area contributed by atoms with E-state index in [0.717, 1.165) is 22.6 Å². The predicted molar refractivity (Wildman–Crippen MR) is 95.8 cm³/mol. The average molecular weight is 339 g/mol. The minimum Gasteiger partial charge on any atom is -0.352 e. The van der Waals surface area contributed by atoms with E-state index in [1.54, 1.807) is 12.1 Å². The number of hydrogen-bond donors (Lipinski definition) is 2. The number of fused-ring (bicyclic) bond motifs is 1. The monoisotopic (exact) mass is 339 g/mol. The van der Waals surface area contributed by atoms with Crippen molar-refractivity contribution in [1.29, 1.82) is 0 Å². The predicted octanol–water partition coefficient (Wildman–Crippen LogP) is 1.55. The van der Waals surface area contributed by atoms with Crippen molar-refractivity contribution in [2.45, 2.75) is 27.2 Å². The normalized spacial score (nSPS) is 11.0. The van der Waals surface area contributed by atoms with E-state index in [9.17, 15) is 9.59 Å². The fourth-order valence-corrected chi connectivity index (χ4v) is 2.95. The van der Waals surface area contributed by atoms with Crippen LogP contribution in [0.3, 0.4) is 0 Å². The van der Waals surface area contributed by atoms with E-state index in [1.807, 2.05) is 32.5 Å². The third-order valence-electron chi connectivity index (χ3n) is 4.44. The Hall–Kier alpha value is -2.96. The van der Waals surface area contributed by atoms with Crippen LogP contribution in [-0.2, 0) is 13.5 Å². The molecule has 0 radical (unpaired) electrons. The molecular formula is C18H21N5O2. The fourth-order valence-electron chi connectivity index (χ4n) is 2.95. The van der Waals surface area contributed by atoms with Gasteiger partial charge in [0.1, 0.15) is 11.2 Å². The van der Waals surface area contributed by atoms with Gasteiger partial charge in [0.2, 0.25) is 5.43 Å². The number of aryl methyl sites for hydroxylation is 3. The molecule has 0 saturated carbocycles. The van der Waals surface area contributed by atoms with Crippen LogP contribution in [0.25, 0.3) is 11.0 Å². The summed E-state index contributed by atoms with van der Waals surface area (Å²) in [6.45, 7) is 6.24. The van der Waals surface area contributed by atoms with Crippen molar-refractivity contribution in [2.24, 2.45) is 7.05 Å². The highest BCUT2D eigenvalue weighted by Gasteiger charge is 2.14. The third-order valence-corrected chi connectivity index (χ3v) is 4.44. The molecule has 2 N–H and O–H groups in total. The van der Waals surface area contributed by atoms with Gasteiger partial charge in [0.25, 0.3) is 5.91 Å². The van der Waals surface area contributed by atoms with E-state index < -0.39 is 0 Å². The molecule has 7 nitrogen and oxygen atoms in total. The minimum atomic E-state index is -0.386. The molecule has 0 spiro atoms. The lowest BCUT2D eigenvalue weighted by molar-refractivity contribution is 0.0953. The Labute approximate surface area is 145 Å². The largest absolute Gasteiger partial charge is 0.352 e. The van der Waals surface area contributed by atoms with Gasteiger partial charge in [-0.1, -0.05) is 0 Å². The first-order chi connectivity index (χ1) is 11.9. The smallest absolute Gasteiger partial charge is 0.256 e. The number of hydrogen-bond acceptors (Lipinski definition) is 4. The first kappa shape index (κ1) is 16.9. The highest BCUT2D eigenvalue weighted by molar-refractivity contribution is 5.96. The lowest BCUT2D eigenvalue weighted by atomic mass is 10.1. The third kappa shape index (κ3) is 3.17. The van der Waals surface area contributed by atoms with Crippen LogP contribution in [0.4, 0.5) is 0 Å². The number of nitrogens with one attached hydrogen (secondary N) is 2. The van der Waals surface area contributed by atoms with Gasteiger partial charge in [0, 0.05) is 31.2 Å². The molecule has 0 fully saturated rings. The summed E-state index contributed by atoms with van der Waals surface area (Å²) >= 11 is 0. The number of aromatic nitrogens is 4. The van der Waals surface area contributed by atoms with Gasteiger partial charge in [0.05, 0.1) is 11.1 Å². The van der Waals surface area contributed by atoms with Gasteiger partial charge in [-0.25, -0.2) is 4.98 Å². The van der Waals surface area contributed by atoms with E-state index >= 15 is 0 Å². The summed E-state index contributed by atoms with van der Waals surface area (Å²) in [6.07, 6.45) is 2.09. The molecule has 0 bridgehead atoms. The van der Waals surface area contributed by atoms with Gasteiger partial charge in [-0.15, -0.1) is 0 Å². The van der Waals surface area contributed by atoms with Crippen molar-refractivity contribution in [1.82, 2.24) is 25.1 Å². The first-order valence-electron chi connectivity index (χ1n) is 8.15. The maximum Gasteiger partial charge on any atom is 0.256 e. The molecule has 0 aliphatic rings. The van der Waals surface area contributed by atoms with Gasteiger partial charge in [-0.3, -0.25) is 14.3 Å². The second-order valence-corrected chi connectivity index (χ2v) is 6.16. The number of pyridine rings is 2. The van der Waals surface area contributed by atoms with Crippen molar-refractivity contribution in [3.8, 4) is 0 Å². The highest BCUT2D eigenvalue weighted by Crippen LogP contribution is 2.12. The maximum atomic E-state index is 12.5. The van der Waals surface area contributed by atoms with Crippen molar-refractivity contribution >= 4 is 16.9 Å². The Balaban J connectivity index is 1.75. The molecule has 3 heterocycles. The summed E-state index contributed by atoms with van der Waals surface area (Å²) in [6, 6.07) is 3.45. The molecule has 7 heteroatoms. The van der Waals surface area contributed by atoms with Crippen LogP contribution in [0.1, 0.15) is 33.0 Å². The van der Waals surface area contributed by atoms with E-state index in [4.69, 9.17) is 0 Å².